The average Bonchev–Trinajstić information content (AvgIpc) is 2.45. The maximum Gasteiger partial charge on any atom is 0.0681 e. The Bertz CT molecular complexity index is 569. The largest absolute Gasteiger partial charge is 0.392 e. The summed E-state index contributed by atoms with van der Waals surface area (Å²) in [5.74, 6) is 0. The molecule has 0 amide bonds. The Hall–Kier alpha value is -0.680. The molecule has 0 aliphatic heterocycles. The second-order valence-electron chi connectivity index (χ2n) is 4.74. The predicted molar refractivity (Wildman–Crippen MR) is 89.5 cm³/mol. The van der Waals surface area contributed by atoms with Crippen molar-refractivity contribution < 1.29 is 5.11 Å². The van der Waals surface area contributed by atoms with Crippen LogP contribution in [-0.2, 0) is 13.2 Å². The fraction of sp³-hybridized carbons (Fsp3) is 0.250. The van der Waals surface area contributed by atoms with E-state index in [1.165, 1.54) is 11.1 Å². The average molecular weight is 399 g/mol. The third-order valence-electron chi connectivity index (χ3n) is 3.25. The Labute approximate surface area is 136 Å². The summed E-state index contributed by atoms with van der Waals surface area (Å²) in [5, 5.41) is 12.5. The first-order valence-corrected chi connectivity index (χ1v) is 8.05. The molecular formula is C16H17Br2NO. The number of hydrogen-bond donors (Lipinski definition) is 2. The van der Waals surface area contributed by atoms with Crippen molar-refractivity contribution >= 4 is 31.9 Å². The summed E-state index contributed by atoms with van der Waals surface area (Å²) in [7, 11) is 0. The Morgan fingerprint density at radius 1 is 1.05 bits per heavy atom. The van der Waals surface area contributed by atoms with Crippen LogP contribution in [0.4, 0.5) is 0 Å². The number of benzene rings is 2. The summed E-state index contributed by atoms with van der Waals surface area (Å²) in [6.07, 6.45) is 0. The number of nitrogens with one attached hydrogen (secondary N) is 1. The maximum atomic E-state index is 9.02. The fourth-order valence-electron chi connectivity index (χ4n) is 2.00. The van der Waals surface area contributed by atoms with Crippen molar-refractivity contribution in [1.29, 1.82) is 0 Å². The minimum absolute atomic E-state index is 0.0932. The highest BCUT2D eigenvalue weighted by Gasteiger charge is 2.09. The van der Waals surface area contributed by atoms with E-state index in [1.54, 1.807) is 0 Å². The van der Waals surface area contributed by atoms with Crippen LogP contribution in [0, 0.1) is 0 Å². The zero-order valence-electron chi connectivity index (χ0n) is 11.2. The molecule has 106 valence electrons. The lowest BCUT2D eigenvalue weighted by Crippen LogP contribution is -2.18. The van der Waals surface area contributed by atoms with Gasteiger partial charge in [-0.3, -0.25) is 0 Å². The second-order valence-corrected chi connectivity index (χ2v) is 6.51. The molecule has 0 aliphatic rings. The summed E-state index contributed by atoms with van der Waals surface area (Å²) in [5.41, 5.74) is 3.39. The molecule has 2 aromatic carbocycles. The van der Waals surface area contributed by atoms with Crippen LogP contribution in [0.3, 0.4) is 0 Å². The van der Waals surface area contributed by atoms with Gasteiger partial charge in [0.15, 0.2) is 0 Å². The van der Waals surface area contributed by atoms with Crippen molar-refractivity contribution in [2.45, 2.75) is 26.1 Å². The van der Waals surface area contributed by atoms with Crippen LogP contribution in [0.5, 0.6) is 0 Å². The summed E-state index contributed by atoms with van der Waals surface area (Å²) in [6.45, 7) is 3.04. The van der Waals surface area contributed by atoms with Crippen molar-refractivity contribution in [1.82, 2.24) is 5.32 Å². The molecule has 1 unspecified atom stereocenters. The molecule has 4 heteroatoms. The molecule has 0 saturated heterocycles. The highest BCUT2D eigenvalue weighted by atomic mass is 79.9. The normalized spacial score (nSPS) is 12.4. The third-order valence-corrected chi connectivity index (χ3v) is 4.43. The molecule has 0 spiro atoms. The minimum Gasteiger partial charge on any atom is -0.392 e. The zero-order valence-corrected chi connectivity index (χ0v) is 14.4. The molecule has 0 aliphatic carbocycles. The smallest absolute Gasteiger partial charge is 0.0681 e. The van der Waals surface area contributed by atoms with Gasteiger partial charge < -0.3 is 10.4 Å². The molecule has 0 fully saturated rings. The van der Waals surface area contributed by atoms with E-state index in [1.807, 2.05) is 30.3 Å². The highest BCUT2D eigenvalue weighted by molar-refractivity contribution is 9.11. The summed E-state index contributed by atoms with van der Waals surface area (Å²) < 4.78 is 2.17. The lowest BCUT2D eigenvalue weighted by molar-refractivity contribution is 0.282. The van der Waals surface area contributed by atoms with Crippen LogP contribution in [0.2, 0.25) is 0 Å². The Kier molecular flexibility index (Phi) is 5.78. The van der Waals surface area contributed by atoms with Gasteiger partial charge >= 0.3 is 0 Å². The number of rotatable bonds is 5. The molecule has 0 bridgehead atoms. The third kappa shape index (κ3) is 4.16. The molecule has 0 aromatic heterocycles. The van der Waals surface area contributed by atoms with Gasteiger partial charge in [-0.2, -0.15) is 0 Å². The molecule has 20 heavy (non-hydrogen) atoms. The van der Waals surface area contributed by atoms with Gasteiger partial charge in [-0.15, -0.1) is 0 Å². The Balaban J connectivity index is 1.98. The standard InChI is InChI=1S/C16H17Br2NO/c1-11(15-7-6-14(17)8-16(15)18)19-9-12-2-4-13(10-20)5-3-12/h2-8,11,19-20H,9-10H2,1H3. The van der Waals surface area contributed by atoms with E-state index >= 15 is 0 Å². The van der Waals surface area contributed by atoms with Crippen LogP contribution in [0.1, 0.15) is 29.7 Å². The maximum absolute atomic E-state index is 9.02. The van der Waals surface area contributed by atoms with E-state index in [0.29, 0.717) is 0 Å². The number of hydrogen-bond acceptors (Lipinski definition) is 2. The van der Waals surface area contributed by atoms with Crippen molar-refractivity contribution in [3.63, 3.8) is 0 Å². The first-order valence-electron chi connectivity index (χ1n) is 6.47. The summed E-state index contributed by atoms with van der Waals surface area (Å²) in [4.78, 5) is 0. The molecule has 0 saturated carbocycles. The van der Waals surface area contributed by atoms with E-state index in [0.717, 1.165) is 21.1 Å². The lowest BCUT2D eigenvalue weighted by Gasteiger charge is -2.16. The topological polar surface area (TPSA) is 32.3 Å². The van der Waals surface area contributed by atoms with E-state index in [-0.39, 0.29) is 12.6 Å². The second kappa shape index (κ2) is 7.36. The first-order chi connectivity index (χ1) is 9.60. The van der Waals surface area contributed by atoms with Crippen molar-refractivity contribution in [3.8, 4) is 0 Å². The highest BCUT2D eigenvalue weighted by Crippen LogP contribution is 2.26. The fourth-order valence-corrected chi connectivity index (χ4v) is 3.39. The van der Waals surface area contributed by atoms with Gasteiger partial charge in [0.2, 0.25) is 0 Å². The van der Waals surface area contributed by atoms with Crippen LogP contribution >= 0.6 is 31.9 Å². The van der Waals surface area contributed by atoms with Gasteiger partial charge in [0.25, 0.3) is 0 Å². The molecular weight excluding hydrogens is 382 g/mol. The van der Waals surface area contributed by atoms with Gasteiger partial charge in [-0.25, -0.2) is 0 Å². The van der Waals surface area contributed by atoms with Gasteiger partial charge in [-0.05, 0) is 35.7 Å². The molecule has 1 atom stereocenters. The predicted octanol–water partition coefficient (Wildman–Crippen LogP) is 4.55. The van der Waals surface area contributed by atoms with E-state index in [2.05, 4.69) is 56.2 Å². The van der Waals surface area contributed by atoms with E-state index < -0.39 is 0 Å². The summed E-state index contributed by atoms with van der Waals surface area (Å²) >= 11 is 7.06. The SMILES string of the molecule is CC(NCc1ccc(CO)cc1)c1ccc(Br)cc1Br. The van der Waals surface area contributed by atoms with Crippen LogP contribution in [-0.4, -0.2) is 5.11 Å². The van der Waals surface area contributed by atoms with Crippen LogP contribution < -0.4 is 5.32 Å². The first kappa shape index (κ1) is 15.7. The van der Waals surface area contributed by atoms with Gasteiger partial charge in [-0.1, -0.05) is 62.2 Å². The number of halogens is 2. The number of aliphatic hydroxyl groups excluding tert-OH is 1. The van der Waals surface area contributed by atoms with E-state index in [9.17, 15) is 0 Å². The van der Waals surface area contributed by atoms with Gasteiger partial charge in [0, 0.05) is 21.5 Å². The van der Waals surface area contributed by atoms with Gasteiger partial charge in [0.05, 0.1) is 6.61 Å². The number of aliphatic hydroxyl groups is 1. The summed E-state index contributed by atoms with van der Waals surface area (Å²) in [6, 6.07) is 14.5. The molecule has 2 rings (SSSR count). The molecule has 2 aromatic rings. The van der Waals surface area contributed by atoms with Crippen molar-refractivity contribution in [2.24, 2.45) is 0 Å². The van der Waals surface area contributed by atoms with E-state index in [4.69, 9.17) is 5.11 Å². The van der Waals surface area contributed by atoms with Crippen molar-refractivity contribution in [3.05, 3.63) is 68.1 Å². The Morgan fingerprint density at radius 3 is 2.30 bits per heavy atom. The van der Waals surface area contributed by atoms with Crippen LogP contribution in [0.15, 0.2) is 51.4 Å². The monoisotopic (exact) mass is 397 g/mol. The quantitative estimate of drug-likeness (QED) is 0.773. The molecule has 2 N–H and O–H groups in total. The molecule has 2 nitrogen and oxygen atoms in total. The molecule has 0 radical (unpaired) electrons. The van der Waals surface area contributed by atoms with Crippen molar-refractivity contribution in [2.75, 3.05) is 0 Å². The lowest BCUT2D eigenvalue weighted by atomic mass is 10.1. The minimum atomic E-state index is 0.0932. The van der Waals surface area contributed by atoms with Crippen LogP contribution in [0.25, 0.3) is 0 Å². The molecule has 0 heterocycles. The van der Waals surface area contributed by atoms with Gasteiger partial charge in [0.1, 0.15) is 0 Å². The Morgan fingerprint density at radius 2 is 1.70 bits per heavy atom. The zero-order chi connectivity index (χ0) is 14.5.